The summed E-state index contributed by atoms with van der Waals surface area (Å²) in [5, 5.41) is 3.02. The van der Waals surface area contributed by atoms with Gasteiger partial charge in [0, 0.05) is 6.54 Å². The number of hydrogen-bond acceptors (Lipinski definition) is 4. The number of hydrogen-bond donors (Lipinski definition) is 1. The summed E-state index contributed by atoms with van der Waals surface area (Å²) in [6.07, 6.45) is 0.741. The maximum atomic E-state index is 12.7. The highest BCUT2D eigenvalue weighted by molar-refractivity contribution is 5.87. The SMILES string of the molecule is COc1cccc(CCNC(=O)C(C)(C)c2ccc(OC)c(OC)c2)c1. The number of carbonyl (C=O) groups excluding carboxylic acids is 1. The van der Waals surface area contributed by atoms with Gasteiger partial charge in [0.2, 0.25) is 5.91 Å². The normalized spacial score (nSPS) is 11.0. The molecule has 1 N–H and O–H groups in total. The molecule has 0 bridgehead atoms. The first kappa shape index (κ1) is 19.6. The summed E-state index contributed by atoms with van der Waals surface area (Å²) in [5.41, 5.74) is 1.30. The van der Waals surface area contributed by atoms with Gasteiger partial charge in [0.05, 0.1) is 26.7 Å². The van der Waals surface area contributed by atoms with Gasteiger partial charge in [-0.1, -0.05) is 18.2 Å². The number of benzene rings is 2. The van der Waals surface area contributed by atoms with Crippen LogP contribution in [0.5, 0.6) is 17.2 Å². The van der Waals surface area contributed by atoms with E-state index in [9.17, 15) is 4.79 Å². The van der Waals surface area contributed by atoms with Gasteiger partial charge in [-0.2, -0.15) is 0 Å². The van der Waals surface area contributed by atoms with Crippen molar-refractivity contribution in [2.45, 2.75) is 25.7 Å². The number of carbonyl (C=O) groups is 1. The highest BCUT2D eigenvalue weighted by atomic mass is 16.5. The highest BCUT2D eigenvalue weighted by Gasteiger charge is 2.30. The predicted octanol–water partition coefficient (Wildman–Crippen LogP) is 3.35. The van der Waals surface area contributed by atoms with Crippen LogP contribution in [0.25, 0.3) is 0 Å². The Labute approximate surface area is 155 Å². The molecule has 0 saturated heterocycles. The summed E-state index contributed by atoms with van der Waals surface area (Å²) in [5.74, 6) is 2.04. The van der Waals surface area contributed by atoms with Crippen molar-refractivity contribution in [3.05, 3.63) is 53.6 Å². The lowest BCUT2D eigenvalue weighted by molar-refractivity contribution is -0.125. The van der Waals surface area contributed by atoms with Crippen molar-refractivity contribution in [2.75, 3.05) is 27.9 Å². The van der Waals surface area contributed by atoms with Crippen molar-refractivity contribution in [3.8, 4) is 17.2 Å². The van der Waals surface area contributed by atoms with Crippen LogP contribution in [-0.2, 0) is 16.6 Å². The number of ether oxygens (including phenoxy) is 3. The van der Waals surface area contributed by atoms with Crippen LogP contribution >= 0.6 is 0 Å². The molecule has 5 nitrogen and oxygen atoms in total. The molecule has 5 heteroatoms. The largest absolute Gasteiger partial charge is 0.497 e. The third kappa shape index (κ3) is 4.48. The van der Waals surface area contributed by atoms with E-state index >= 15 is 0 Å². The van der Waals surface area contributed by atoms with Crippen molar-refractivity contribution in [2.24, 2.45) is 0 Å². The van der Waals surface area contributed by atoms with Crippen LogP contribution in [0.3, 0.4) is 0 Å². The minimum atomic E-state index is -0.687. The average Bonchev–Trinajstić information content (AvgIpc) is 2.67. The van der Waals surface area contributed by atoms with Crippen LogP contribution in [0.1, 0.15) is 25.0 Å². The maximum Gasteiger partial charge on any atom is 0.230 e. The second-order valence-corrected chi connectivity index (χ2v) is 6.55. The van der Waals surface area contributed by atoms with Crippen molar-refractivity contribution in [1.29, 1.82) is 0 Å². The second kappa shape index (κ2) is 8.61. The van der Waals surface area contributed by atoms with Crippen molar-refractivity contribution in [3.63, 3.8) is 0 Å². The summed E-state index contributed by atoms with van der Waals surface area (Å²) in [6, 6.07) is 13.4. The van der Waals surface area contributed by atoms with Crippen molar-refractivity contribution in [1.82, 2.24) is 5.32 Å². The molecule has 0 unspecified atom stereocenters. The zero-order chi connectivity index (χ0) is 19.2. The number of methoxy groups -OCH3 is 3. The summed E-state index contributed by atoms with van der Waals surface area (Å²) >= 11 is 0. The number of amides is 1. The highest BCUT2D eigenvalue weighted by Crippen LogP contribution is 2.33. The number of rotatable bonds is 8. The molecule has 2 rings (SSSR count). The molecule has 0 spiro atoms. The van der Waals surface area contributed by atoms with Gasteiger partial charge in [-0.05, 0) is 55.7 Å². The van der Waals surface area contributed by atoms with Gasteiger partial charge in [0.25, 0.3) is 0 Å². The molecule has 2 aromatic carbocycles. The molecule has 26 heavy (non-hydrogen) atoms. The molecular formula is C21H27NO4. The van der Waals surface area contributed by atoms with Crippen LogP contribution in [0.4, 0.5) is 0 Å². The van der Waals surface area contributed by atoms with E-state index in [2.05, 4.69) is 5.32 Å². The fourth-order valence-corrected chi connectivity index (χ4v) is 2.73. The third-order valence-electron chi connectivity index (χ3n) is 4.51. The summed E-state index contributed by atoms with van der Waals surface area (Å²) < 4.78 is 15.8. The quantitative estimate of drug-likeness (QED) is 0.787. The lowest BCUT2D eigenvalue weighted by Gasteiger charge is -2.25. The summed E-state index contributed by atoms with van der Waals surface area (Å²) in [6.45, 7) is 4.35. The van der Waals surface area contributed by atoms with E-state index in [1.165, 1.54) is 0 Å². The standard InChI is InChI=1S/C21H27NO4/c1-21(2,16-9-10-18(25-4)19(14-16)26-5)20(23)22-12-11-15-7-6-8-17(13-15)24-3/h6-10,13-14H,11-12H2,1-5H3,(H,22,23). The molecule has 0 radical (unpaired) electrons. The summed E-state index contributed by atoms with van der Waals surface area (Å²) in [4.78, 5) is 12.7. The fourth-order valence-electron chi connectivity index (χ4n) is 2.73. The lowest BCUT2D eigenvalue weighted by Crippen LogP contribution is -2.40. The van der Waals surface area contributed by atoms with Gasteiger partial charge in [-0.3, -0.25) is 4.79 Å². The average molecular weight is 357 g/mol. The monoisotopic (exact) mass is 357 g/mol. The van der Waals surface area contributed by atoms with E-state index in [0.29, 0.717) is 18.0 Å². The van der Waals surface area contributed by atoms with Crippen LogP contribution in [0.2, 0.25) is 0 Å². The Morgan fingerprint density at radius 3 is 2.35 bits per heavy atom. The van der Waals surface area contributed by atoms with Gasteiger partial charge < -0.3 is 19.5 Å². The molecule has 0 aliphatic rings. The van der Waals surface area contributed by atoms with E-state index in [1.807, 2.05) is 56.3 Å². The Morgan fingerprint density at radius 2 is 1.69 bits per heavy atom. The summed E-state index contributed by atoms with van der Waals surface area (Å²) in [7, 11) is 4.82. The Kier molecular flexibility index (Phi) is 6.50. The van der Waals surface area contributed by atoms with E-state index in [-0.39, 0.29) is 5.91 Å². The minimum absolute atomic E-state index is 0.0346. The first-order chi connectivity index (χ1) is 12.4. The maximum absolute atomic E-state index is 12.7. The third-order valence-corrected chi connectivity index (χ3v) is 4.51. The Bertz CT molecular complexity index is 755. The minimum Gasteiger partial charge on any atom is -0.497 e. The molecule has 0 aliphatic carbocycles. The Hall–Kier alpha value is -2.69. The van der Waals surface area contributed by atoms with Gasteiger partial charge in [-0.25, -0.2) is 0 Å². The van der Waals surface area contributed by atoms with E-state index < -0.39 is 5.41 Å². The molecule has 1 amide bonds. The molecule has 0 aromatic heterocycles. The fraction of sp³-hybridized carbons (Fsp3) is 0.381. The molecule has 2 aromatic rings. The smallest absolute Gasteiger partial charge is 0.230 e. The first-order valence-corrected chi connectivity index (χ1v) is 8.56. The van der Waals surface area contributed by atoms with E-state index in [0.717, 1.165) is 23.3 Å². The molecular weight excluding hydrogens is 330 g/mol. The van der Waals surface area contributed by atoms with Crippen LogP contribution in [0.15, 0.2) is 42.5 Å². The van der Waals surface area contributed by atoms with Crippen molar-refractivity contribution >= 4 is 5.91 Å². The molecule has 0 aliphatic heterocycles. The molecule has 140 valence electrons. The Balaban J connectivity index is 2.03. The van der Waals surface area contributed by atoms with Gasteiger partial charge in [-0.15, -0.1) is 0 Å². The van der Waals surface area contributed by atoms with Crippen LogP contribution < -0.4 is 19.5 Å². The van der Waals surface area contributed by atoms with Crippen LogP contribution in [-0.4, -0.2) is 33.8 Å². The van der Waals surface area contributed by atoms with Crippen LogP contribution in [0, 0.1) is 0 Å². The molecule has 0 heterocycles. The Morgan fingerprint density at radius 1 is 0.962 bits per heavy atom. The predicted molar refractivity (Wildman–Crippen MR) is 102 cm³/mol. The van der Waals surface area contributed by atoms with Crippen molar-refractivity contribution < 1.29 is 19.0 Å². The molecule has 0 saturated carbocycles. The van der Waals surface area contributed by atoms with Gasteiger partial charge in [0.15, 0.2) is 11.5 Å². The zero-order valence-corrected chi connectivity index (χ0v) is 16.1. The lowest BCUT2D eigenvalue weighted by atomic mass is 9.83. The molecule has 0 fully saturated rings. The van der Waals surface area contributed by atoms with Gasteiger partial charge >= 0.3 is 0 Å². The molecule has 0 atom stereocenters. The van der Waals surface area contributed by atoms with E-state index in [1.54, 1.807) is 21.3 Å². The number of nitrogens with one attached hydrogen (secondary N) is 1. The van der Waals surface area contributed by atoms with Gasteiger partial charge in [0.1, 0.15) is 5.75 Å². The zero-order valence-electron chi connectivity index (χ0n) is 16.1. The topological polar surface area (TPSA) is 56.8 Å². The van der Waals surface area contributed by atoms with E-state index in [4.69, 9.17) is 14.2 Å². The second-order valence-electron chi connectivity index (χ2n) is 6.55. The first-order valence-electron chi connectivity index (χ1n) is 8.56.